The van der Waals surface area contributed by atoms with Crippen LogP contribution in [0.25, 0.3) is 0 Å². The first kappa shape index (κ1) is 10.4. The van der Waals surface area contributed by atoms with Gasteiger partial charge in [-0.3, -0.25) is 0 Å². The standard InChI is InChI=1S/C10H13ClO2/c1-7-3-4-9(11)5-10(7)13-6-8(2)12/h3-5,8,12H,6H2,1-2H3. The van der Waals surface area contributed by atoms with Gasteiger partial charge in [0.25, 0.3) is 0 Å². The zero-order valence-corrected chi connectivity index (χ0v) is 8.51. The average Bonchev–Trinajstić information content (AvgIpc) is 2.06. The average molecular weight is 201 g/mol. The van der Waals surface area contributed by atoms with Gasteiger partial charge in [-0.25, -0.2) is 0 Å². The Morgan fingerprint density at radius 1 is 1.54 bits per heavy atom. The third-order valence-electron chi connectivity index (χ3n) is 1.63. The quantitative estimate of drug-likeness (QED) is 0.812. The van der Waals surface area contributed by atoms with Gasteiger partial charge < -0.3 is 9.84 Å². The molecular formula is C10H13ClO2. The highest BCUT2D eigenvalue weighted by Crippen LogP contribution is 2.22. The fourth-order valence-corrected chi connectivity index (χ4v) is 1.10. The molecule has 13 heavy (non-hydrogen) atoms. The lowest BCUT2D eigenvalue weighted by Gasteiger charge is -2.10. The van der Waals surface area contributed by atoms with Gasteiger partial charge >= 0.3 is 0 Å². The zero-order chi connectivity index (χ0) is 9.84. The van der Waals surface area contributed by atoms with Crippen LogP contribution in [0.1, 0.15) is 12.5 Å². The van der Waals surface area contributed by atoms with Crippen LogP contribution in [0.5, 0.6) is 5.75 Å². The summed E-state index contributed by atoms with van der Waals surface area (Å²) in [6.45, 7) is 3.91. The monoisotopic (exact) mass is 200 g/mol. The van der Waals surface area contributed by atoms with Gasteiger partial charge in [-0.2, -0.15) is 0 Å². The summed E-state index contributed by atoms with van der Waals surface area (Å²) in [5.41, 5.74) is 1.02. The number of halogens is 1. The summed E-state index contributed by atoms with van der Waals surface area (Å²) in [5, 5.41) is 9.66. The van der Waals surface area contributed by atoms with Crippen LogP contribution in [0.3, 0.4) is 0 Å². The summed E-state index contributed by atoms with van der Waals surface area (Å²) in [5.74, 6) is 0.730. The first-order valence-corrected chi connectivity index (χ1v) is 4.54. The predicted octanol–water partition coefficient (Wildman–Crippen LogP) is 2.41. The largest absolute Gasteiger partial charge is 0.491 e. The Bertz CT molecular complexity index is 284. The summed E-state index contributed by atoms with van der Waals surface area (Å²) in [7, 11) is 0. The van der Waals surface area contributed by atoms with Gasteiger partial charge in [-0.15, -0.1) is 0 Å². The van der Waals surface area contributed by atoms with Gasteiger partial charge in [0.1, 0.15) is 12.4 Å². The minimum atomic E-state index is -0.460. The Balaban J connectivity index is 2.70. The second-order valence-corrected chi connectivity index (χ2v) is 3.51. The molecule has 0 spiro atoms. The minimum absolute atomic E-state index is 0.293. The number of hydrogen-bond donors (Lipinski definition) is 1. The predicted molar refractivity (Wildman–Crippen MR) is 53.4 cm³/mol. The maximum absolute atomic E-state index is 9.02. The third kappa shape index (κ3) is 3.25. The van der Waals surface area contributed by atoms with E-state index < -0.39 is 6.10 Å². The Kier molecular flexibility index (Phi) is 3.58. The number of rotatable bonds is 3. The molecule has 0 aliphatic heterocycles. The molecule has 72 valence electrons. The Morgan fingerprint density at radius 2 is 2.23 bits per heavy atom. The lowest BCUT2D eigenvalue weighted by molar-refractivity contribution is 0.122. The number of hydrogen-bond acceptors (Lipinski definition) is 2. The minimum Gasteiger partial charge on any atom is -0.491 e. The van der Waals surface area contributed by atoms with Crippen LogP contribution in [-0.2, 0) is 0 Å². The van der Waals surface area contributed by atoms with Gasteiger partial charge in [-0.05, 0) is 31.5 Å². The van der Waals surface area contributed by atoms with Crippen molar-refractivity contribution in [3.63, 3.8) is 0 Å². The fourth-order valence-electron chi connectivity index (χ4n) is 0.940. The van der Waals surface area contributed by atoms with Crippen molar-refractivity contribution in [1.29, 1.82) is 0 Å². The number of benzene rings is 1. The van der Waals surface area contributed by atoms with E-state index in [0.29, 0.717) is 11.6 Å². The van der Waals surface area contributed by atoms with Crippen LogP contribution in [-0.4, -0.2) is 17.8 Å². The van der Waals surface area contributed by atoms with E-state index in [2.05, 4.69) is 0 Å². The molecule has 0 aliphatic carbocycles. The Morgan fingerprint density at radius 3 is 2.85 bits per heavy atom. The van der Waals surface area contributed by atoms with E-state index in [1.807, 2.05) is 19.1 Å². The van der Waals surface area contributed by atoms with E-state index in [9.17, 15) is 0 Å². The van der Waals surface area contributed by atoms with E-state index in [4.69, 9.17) is 21.4 Å². The highest BCUT2D eigenvalue weighted by molar-refractivity contribution is 6.30. The molecule has 0 aliphatic rings. The van der Waals surface area contributed by atoms with E-state index >= 15 is 0 Å². The fraction of sp³-hybridized carbons (Fsp3) is 0.400. The molecule has 1 atom stereocenters. The van der Waals surface area contributed by atoms with E-state index in [-0.39, 0.29) is 0 Å². The summed E-state index contributed by atoms with van der Waals surface area (Å²) in [6.07, 6.45) is -0.460. The second-order valence-electron chi connectivity index (χ2n) is 3.07. The van der Waals surface area contributed by atoms with Gasteiger partial charge in [0.05, 0.1) is 6.10 Å². The van der Waals surface area contributed by atoms with Crippen LogP contribution < -0.4 is 4.74 Å². The topological polar surface area (TPSA) is 29.5 Å². The molecule has 0 saturated heterocycles. The van der Waals surface area contributed by atoms with Crippen molar-refractivity contribution in [2.75, 3.05) is 6.61 Å². The van der Waals surface area contributed by atoms with Gasteiger partial charge in [0.2, 0.25) is 0 Å². The first-order valence-electron chi connectivity index (χ1n) is 4.16. The molecular weight excluding hydrogens is 188 g/mol. The van der Waals surface area contributed by atoms with Crippen molar-refractivity contribution in [1.82, 2.24) is 0 Å². The molecule has 1 rings (SSSR count). The third-order valence-corrected chi connectivity index (χ3v) is 1.87. The molecule has 3 heteroatoms. The van der Waals surface area contributed by atoms with E-state index in [0.717, 1.165) is 11.3 Å². The van der Waals surface area contributed by atoms with Gasteiger partial charge in [0.15, 0.2) is 0 Å². The molecule has 2 nitrogen and oxygen atoms in total. The van der Waals surface area contributed by atoms with Crippen LogP contribution in [0, 0.1) is 6.92 Å². The molecule has 0 radical (unpaired) electrons. The van der Waals surface area contributed by atoms with Gasteiger partial charge in [-0.1, -0.05) is 17.7 Å². The van der Waals surface area contributed by atoms with E-state index in [1.165, 1.54) is 0 Å². The van der Waals surface area contributed by atoms with Crippen LogP contribution in [0.2, 0.25) is 5.02 Å². The van der Waals surface area contributed by atoms with Crippen LogP contribution in [0.4, 0.5) is 0 Å². The molecule has 0 fully saturated rings. The maximum atomic E-state index is 9.02. The number of aliphatic hydroxyl groups excluding tert-OH is 1. The SMILES string of the molecule is Cc1ccc(Cl)cc1OCC(C)O. The number of aliphatic hydroxyl groups is 1. The molecule has 0 amide bonds. The molecule has 0 heterocycles. The molecule has 0 aromatic heterocycles. The lowest BCUT2D eigenvalue weighted by Crippen LogP contribution is -2.13. The highest BCUT2D eigenvalue weighted by Gasteiger charge is 2.02. The highest BCUT2D eigenvalue weighted by atomic mass is 35.5. The zero-order valence-electron chi connectivity index (χ0n) is 7.75. The van der Waals surface area contributed by atoms with Crippen molar-refractivity contribution in [2.45, 2.75) is 20.0 Å². The Labute approximate surface area is 83.1 Å². The summed E-state index contributed by atoms with van der Waals surface area (Å²) in [6, 6.07) is 5.45. The second kappa shape index (κ2) is 4.49. The Hall–Kier alpha value is -0.730. The summed E-state index contributed by atoms with van der Waals surface area (Å²) in [4.78, 5) is 0. The lowest BCUT2D eigenvalue weighted by atomic mass is 10.2. The van der Waals surface area contributed by atoms with Crippen molar-refractivity contribution in [3.8, 4) is 5.75 Å². The molecule has 0 bridgehead atoms. The van der Waals surface area contributed by atoms with Gasteiger partial charge in [0, 0.05) is 5.02 Å². The number of ether oxygens (including phenoxy) is 1. The molecule has 1 aromatic rings. The van der Waals surface area contributed by atoms with Crippen LogP contribution in [0.15, 0.2) is 18.2 Å². The molecule has 1 N–H and O–H groups in total. The number of aryl methyl sites for hydroxylation is 1. The molecule has 1 aromatic carbocycles. The van der Waals surface area contributed by atoms with E-state index in [1.54, 1.807) is 13.0 Å². The normalized spacial score (nSPS) is 12.6. The first-order chi connectivity index (χ1) is 6.09. The van der Waals surface area contributed by atoms with Crippen molar-refractivity contribution < 1.29 is 9.84 Å². The van der Waals surface area contributed by atoms with Crippen molar-refractivity contribution >= 4 is 11.6 Å². The summed E-state index contributed by atoms with van der Waals surface area (Å²) < 4.78 is 5.34. The summed E-state index contributed by atoms with van der Waals surface area (Å²) >= 11 is 5.79. The van der Waals surface area contributed by atoms with Crippen LogP contribution >= 0.6 is 11.6 Å². The van der Waals surface area contributed by atoms with Crippen molar-refractivity contribution in [3.05, 3.63) is 28.8 Å². The molecule has 0 saturated carbocycles. The molecule has 1 unspecified atom stereocenters. The maximum Gasteiger partial charge on any atom is 0.123 e. The smallest absolute Gasteiger partial charge is 0.123 e. The van der Waals surface area contributed by atoms with Crippen molar-refractivity contribution in [2.24, 2.45) is 0 Å².